The van der Waals surface area contributed by atoms with Crippen LogP contribution in [0.2, 0.25) is 0 Å². The molecule has 1 saturated carbocycles. The van der Waals surface area contributed by atoms with Crippen LogP contribution in [0.1, 0.15) is 41.2 Å². The van der Waals surface area contributed by atoms with Crippen molar-refractivity contribution < 1.29 is 4.79 Å². The zero-order chi connectivity index (χ0) is 13.4. The van der Waals surface area contributed by atoms with Crippen LogP contribution in [-0.2, 0) is 6.42 Å². The van der Waals surface area contributed by atoms with Gasteiger partial charge in [-0.15, -0.1) is 0 Å². The van der Waals surface area contributed by atoms with Gasteiger partial charge in [0.15, 0.2) is 0 Å². The van der Waals surface area contributed by atoms with E-state index < -0.39 is 0 Å². The molecule has 0 unspecified atom stereocenters. The van der Waals surface area contributed by atoms with Crippen molar-refractivity contribution >= 4 is 16.8 Å². The summed E-state index contributed by atoms with van der Waals surface area (Å²) in [5.74, 6) is 1.94. The van der Waals surface area contributed by atoms with Crippen molar-refractivity contribution in [3.05, 3.63) is 35.5 Å². The van der Waals surface area contributed by atoms with E-state index in [1.807, 2.05) is 10.6 Å². The molecule has 1 aromatic heterocycles. The molecule has 1 fully saturated rings. The molecule has 3 nitrogen and oxygen atoms in total. The number of benzene rings is 1. The second kappa shape index (κ2) is 3.53. The Kier molecular flexibility index (Phi) is 1.96. The third-order valence-corrected chi connectivity index (χ3v) is 5.85. The van der Waals surface area contributed by atoms with Crippen LogP contribution in [0.15, 0.2) is 24.3 Å². The maximum Gasteiger partial charge on any atom is 0.231 e. The Morgan fingerprint density at radius 1 is 1.15 bits per heavy atom. The molecule has 0 radical (unpaired) electrons. The number of nitrogens with two attached hydrogens (primary N) is 1. The van der Waals surface area contributed by atoms with E-state index in [9.17, 15) is 4.79 Å². The molecule has 0 spiro atoms. The minimum Gasteiger partial charge on any atom is -0.327 e. The van der Waals surface area contributed by atoms with E-state index >= 15 is 0 Å². The fourth-order valence-electron chi connectivity index (χ4n) is 5.11. The first-order chi connectivity index (χ1) is 9.75. The minimum atomic E-state index is 0.268. The third-order valence-electron chi connectivity index (χ3n) is 5.85. The van der Waals surface area contributed by atoms with Gasteiger partial charge in [0.25, 0.3) is 0 Å². The molecule has 0 amide bonds. The quantitative estimate of drug-likeness (QED) is 0.797. The van der Waals surface area contributed by atoms with Crippen LogP contribution in [0.4, 0.5) is 0 Å². The Morgan fingerprint density at radius 3 is 2.90 bits per heavy atom. The number of fused-ring (bicyclic) bond motifs is 3. The summed E-state index contributed by atoms with van der Waals surface area (Å²) in [6.45, 7) is 0. The highest BCUT2D eigenvalue weighted by atomic mass is 16.2. The zero-order valence-corrected chi connectivity index (χ0v) is 11.4. The lowest BCUT2D eigenvalue weighted by Gasteiger charge is -2.38. The molecule has 1 aromatic carbocycles. The summed E-state index contributed by atoms with van der Waals surface area (Å²) in [5.41, 5.74) is 10.2. The van der Waals surface area contributed by atoms with E-state index in [1.165, 1.54) is 29.5 Å². The summed E-state index contributed by atoms with van der Waals surface area (Å²) in [6, 6.07) is 8.61. The van der Waals surface area contributed by atoms with Crippen molar-refractivity contribution in [3.63, 3.8) is 0 Å². The second-order valence-electron chi connectivity index (χ2n) is 6.71. The molecule has 2 aromatic rings. The van der Waals surface area contributed by atoms with Crippen molar-refractivity contribution in [1.82, 2.24) is 4.57 Å². The predicted octanol–water partition coefficient (Wildman–Crippen LogP) is 2.68. The standard InChI is InChI=1S/C17H18N2O/c18-13-8-12-10-3-1-2-4-14(10)19-15(20)7-9-5-6-11(13)16(9)17(12)19/h1-4,9,11,13,16H,5-8,18H2/t9-,11+,13-,16+/m1/s1. The van der Waals surface area contributed by atoms with Crippen LogP contribution in [0.25, 0.3) is 10.9 Å². The van der Waals surface area contributed by atoms with Gasteiger partial charge in [0.2, 0.25) is 5.91 Å². The Labute approximate surface area is 117 Å². The Hall–Kier alpha value is -1.61. The first-order valence-corrected chi connectivity index (χ1v) is 7.66. The van der Waals surface area contributed by atoms with Crippen molar-refractivity contribution in [2.75, 3.05) is 0 Å². The van der Waals surface area contributed by atoms with E-state index in [-0.39, 0.29) is 6.04 Å². The summed E-state index contributed by atoms with van der Waals surface area (Å²) >= 11 is 0. The molecule has 5 rings (SSSR count). The summed E-state index contributed by atoms with van der Waals surface area (Å²) < 4.78 is 2.02. The lowest BCUT2D eigenvalue weighted by Crippen LogP contribution is -2.42. The number of hydrogen-bond donors (Lipinski definition) is 1. The van der Waals surface area contributed by atoms with E-state index in [2.05, 4.69) is 18.2 Å². The average Bonchev–Trinajstić information content (AvgIpc) is 2.99. The van der Waals surface area contributed by atoms with Gasteiger partial charge in [-0.3, -0.25) is 9.36 Å². The number of carbonyl (C=O) groups is 1. The number of aromatic nitrogens is 1. The molecule has 2 heterocycles. The Balaban J connectivity index is 1.92. The third kappa shape index (κ3) is 1.14. The van der Waals surface area contributed by atoms with Gasteiger partial charge >= 0.3 is 0 Å². The Bertz CT molecular complexity index is 745. The van der Waals surface area contributed by atoms with Gasteiger partial charge in [0.05, 0.1) is 5.52 Å². The van der Waals surface area contributed by atoms with Crippen LogP contribution in [0.5, 0.6) is 0 Å². The van der Waals surface area contributed by atoms with Crippen LogP contribution < -0.4 is 5.73 Å². The summed E-state index contributed by atoms with van der Waals surface area (Å²) in [6.07, 6.45) is 4.02. The zero-order valence-electron chi connectivity index (χ0n) is 11.4. The first kappa shape index (κ1) is 11.1. The van der Waals surface area contributed by atoms with Crippen molar-refractivity contribution in [1.29, 1.82) is 0 Å². The summed E-state index contributed by atoms with van der Waals surface area (Å²) in [7, 11) is 0. The summed E-state index contributed by atoms with van der Waals surface area (Å²) in [5, 5.41) is 1.25. The molecular formula is C17H18N2O. The van der Waals surface area contributed by atoms with Gasteiger partial charge in [-0.2, -0.15) is 0 Å². The number of carbonyl (C=O) groups excluding carboxylic acids is 1. The smallest absolute Gasteiger partial charge is 0.231 e. The maximum atomic E-state index is 12.6. The fraction of sp³-hybridized carbons (Fsp3) is 0.471. The van der Waals surface area contributed by atoms with Crippen LogP contribution in [0, 0.1) is 11.8 Å². The number of hydrogen-bond acceptors (Lipinski definition) is 2. The number of rotatable bonds is 0. The largest absolute Gasteiger partial charge is 0.327 e. The molecule has 102 valence electrons. The highest BCUT2D eigenvalue weighted by Crippen LogP contribution is 2.55. The van der Waals surface area contributed by atoms with Crippen molar-refractivity contribution in [2.45, 2.75) is 37.6 Å². The van der Waals surface area contributed by atoms with Gasteiger partial charge in [-0.25, -0.2) is 0 Å². The van der Waals surface area contributed by atoms with Gasteiger partial charge in [0, 0.05) is 29.5 Å². The molecule has 20 heavy (non-hydrogen) atoms. The molecular weight excluding hydrogens is 248 g/mol. The van der Waals surface area contributed by atoms with E-state index in [0.717, 1.165) is 11.9 Å². The highest BCUT2D eigenvalue weighted by Gasteiger charge is 2.50. The van der Waals surface area contributed by atoms with E-state index in [4.69, 9.17) is 5.73 Å². The monoisotopic (exact) mass is 266 g/mol. The molecule has 2 aliphatic carbocycles. The van der Waals surface area contributed by atoms with Crippen molar-refractivity contribution in [2.24, 2.45) is 17.6 Å². The molecule has 0 saturated heterocycles. The molecule has 1 aliphatic heterocycles. The molecule has 0 bridgehead atoms. The molecule has 3 aliphatic rings. The number of para-hydroxylation sites is 1. The highest BCUT2D eigenvalue weighted by molar-refractivity contribution is 5.97. The van der Waals surface area contributed by atoms with E-state index in [0.29, 0.717) is 30.1 Å². The van der Waals surface area contributed by atoms with Crippen molar-refractivity contribution in [3.8, 4) is 0 Å². The fourth-order valence-corrected chi connectivity index (χ4v) is 5.11. The maximum absolute atomic E-state index is 12.6. The summed E-state index contributed by atoms with van der Waals surface area (Å²) in [4.78, 5) is 12.6. The lowest BCUT2D eigenvalue weighted by atomic mass is 9.72. The van der Waals surface area contributed by atoms with E-state index in [1.54, 1.807) is 0 Å². The average molecular weight is 266 g/mol. The molecule has 3 heteroatoms. The first-order valence-electron chi connectivity index (χ1n) is 7.66. The van der Waals surface area contributed by atoms with Gasteiger partial charge in [-0.05, 0) is 42.7 Å². The van der Waals surface area contributed by atoms with Gasteiger partial charge in [-0.1, -0.05) is 18.2 Å². The van der Waals surface area contributed by atoms with Crippen LogP contribution in [0.3, 0.4) is 0 Å². The van der Waals surface area contributed by atoms with Gasteiger partial charge in [0.1, 0.15) is 0 Å². The lowest BCUT2D eigenvalue weighted by molar-refractivity contribution is 0.0839. The second-order valence-corrected chi connectivity index (χ2v) is 6.71. The topological polar surface area (TPSA) is 48.0 Å². The number of nitrogens with zero attached hydrogens (tertiary/aromatic N) is 1. The molecule has 4 atom stereocenters. The Morgan fingerprint density at radius 2 is 2.00 bits per heavy atom. The predicted molar refractivity (Wildman–Crippen MR) is 77.8 cm³/mol. The normalized spacial score (nSPS) is 34.5. The minimum absolute atomic E-state index is 0.268. The van der Waals surface area contributed by atoms with Crippen LogP contribution >= 0.6 is 0 Å². The molecule has 2 N–H and O–H groups in total. The van der Waals surface area contributed by atoms with Gasteiger partial charge < -0.3 is 5.73 Å². The van der Waals surface area contributed by atoms with Crippen LogP contribution in [-0.4, -0.2) is 16.5 Å². The SMILES string of the molecule is N[C@@H]1Cc2c3n(c4ccccc24)C(=O)C[C@H]2CC[C@@H]1[C@@H]32.